The molecule has 144 valence electrons. The number of fused-ring (bicyclic) bond motifs is 1. The van der Waals surface area contributed by atoms with Crippen molar-refractivity contribution >= 4 is 34.8 Å². The number of hydrogen-bond acceptors (Lipinski definition) is 4. The number of nitrogens with zero attached hydrogens (tertiary/aromatic N) is 2. The standard InChI is InChI=1S/C20H17Cl2N3O3/c1-11-19(23-20(26)13-6-7-17-18(8-13)28-10-27-17)12(2)25(24-11)9-14-15(21)4-3-5-16(14)22/h3-8H,9-10H2,1-2H3,(H,23,26). The lowest BCUT2D eigenvalue weighted by Crippen LogP contribution is -2.13. The fourth-order valence-corrected chi connectivity index (χ4v) is 3.61. The largest absolute Gasteiger partial charge is 0.454 e. The molecule has 1 aliphatic heterocycles. The second-order valence-corrected chi connectivity index (χ2v) is 7.24. The van der Waals surface area contributed by atoms with Gasteiger partial charge in [0, 0.05) is 21.2 Å². The molecule has 0 bridgehead atoms. The van der Waals surface area contributed by atoms with Gasteiger partial charge in [-0.05, 0) is 44.2 Å². The highest BCUT2D eigenvalue weighted by Crippen LogP contribution is 2.33. The highest BCUT2D eigenvalue weighted by atomic mass is 35.5. The zero-order valence-corrected chi connectivity index (χ0v) is 16.8. The first kappa shape index (κ1) is 18.7. The number of anilines is 1. The highest BCUT2D eigenvalue weighted by molar-refractivity contribution is 6.36. The van der Waals surface area contributed by atoms with Crippen molar-refractivity contribution in [3.8, 4) is 11.5 Å². The monoisotopic (exact) mass is 417 g/mol. The van der Waals surface area contributed by atoms with E-state index >= 15 is 0 Å². The quantitative estimate of drug-likeness (QED) is 0.659. The van der Waals surface area contributed by atoms with Crippen LogP contribution in [-0.4, -0.2) is 22.5 Å². The Morgan fingerprint density at radius 2 is 1.86 bits per heavy atom. The van der Waals surface area contributed by atoms with Crippen LogP contribution < -0.4 is 14.8 Å². The molecule has 0 fully saturated rings. The molecule has 6 nitrogen and oxygen atoms in total. The second kappa shape index (κ2) is 7.37. The van der Waals surface area contributed by atoms with E-state index in [4.69, 9.17) is 32.7 Å². The molecule has 0 unspecified atom stereocenters. The van der Waals surface area contributed by atoms with Gasteiger partial charge in [-0.2, -0.15) is 5.10 Å². The first-order valence-corrected chi connectivity index (χ1v) is 9.37. The Kier molecular flexibility index (Phi) is 4.91. The van der Waals surface area contributed by atoms with E-state index in [1.54, 1.807) is 41.1 Å². The van der Waals surface area contributed by atoms with Gasteiger partial charge < -0.3 is 14.8 Å². The number of ether oxygens (including phenoxy) is 2. The van der Waals surface area contributed by atoms with Crippen LogP contribution in [0, 0.1) is 13.8 Å². The lowest BCUT2D eigenvalue weighted by molar-refractivity contribution is 0.102. The molecular formula is C20H17Cl2N3O3. The minimum atomic E-state index is -0.250. The molecule has 0 atom stereocenters. The van der Waals surface area contributed by atoms with E-state index in [0.717, 1.165) is 11.3 Å². The van der Waals surface area contributed by atoms with E-state index in [1.807, 2.05) is 13.8 Å². The van der Waals surface area contributed by atoms with Crippen molar-refractivity contribution in [1.29, 1.82) is 0 Å². The number of aryl methyl sites for hydroxylation is 1. The Hall–Kier alpha value is -2.70. The number of amides is 1. The Labute approximate surface area is 172 Å². The van der Waals surface area contributed by atoms with Gasteiger partial charge in [-0.25, -0.2) is 0 Å². The SMILES string of the molecule is Cc1nn(Cc2c(Cl)cccc2Cl)c(C)c1NC(=O)c1ccc2c(c1)OCO2. The molecule has 4 rings (SSSR count). The summed E-state index contributed by atoms with van der Waals surface area (Å²) in [5.74, 6) is 0.943. The number of carbonyl (C=O) groups is 1. The first-order valence-electron chi connectivity index (χ1n) is 8.62. The summed E-state index contributed by atoms with van der Waals surface area (Å²) in [4.78, 5) is 12.7. The van der Waals surface area contributed by atoms with E-state index in [1.165, 1.54) is 0 Å². The maximum atomic E-state index is 12.7. The van der Waals surface area contributed by atoms with Gasteiger partial charge >= 0.3 is 0 Å². The summed E-state index contributed by atoms with van der Waals surface area (Å²) in [6.07, 6.45) is 0. The Bertz CT molecular complexity index is 1060. The summed E-state index contributed by atoms with van der Waals surface area (Å²) < 4.78 is 12.4. The molecule has 0 saturated heterocycles. The van der Waals surface area contributed by atoms with E-state index < -0.39 is 0 Å². The number of aromatic nitrogens is 2. The molecule has 2 aromatic carbocycles. The van der Waals surface area contributed by atoms with Gasteiger partial charge in [-0.15, -0.1) is 0 Å². The molecule has 0 radical (unpaired) electrons. The van der Waals surface area contributed by atoms with Crippen LogP contribution in [0.3, 0.4) is 0 Å². The maximum absolute atomic E-state index is 12.7. The van der Waals surface area contributed by atoms with Crippen molar-refractivity contribution in [3.05, 3.63) is 69.0 Å². The molecular weight excluding hydrogens is 401 g/mol. The Morgan fingerprint density at radius 3 is 2.61 bits per heavy atom. The van der Waals surface area contributed by atoms with Crippen LogP contribution in [0.5, 0.6) is 11.5 Å². The molecule has 3 aromatic rings. The summed E-state index contributed by atoms with van der Waals surface area (Å²) in [6, 6.07) is 10.5. The number of rotatable bonds is 4. The van der Waals surface area contributed by atoms with Crippen LogP contribution in [0.2, 0.25) is 10.0 Å². The predicted octanol–water partition coefficient (Wildman–Crippen LogP) is 4.84. The van der Waals surface area contributed by atoms with Crippen LogP contribution in [0.15, 0.2) is 36.4 Å². The van der Waals surface area contributed by atoms with Crippen LogP contribution in [0.1, 0.15) is 27.3 Å². The van der Waals surface area contributed by atoms with Crippen molar-refractivity contribution in [3.63, 3.8) is 0 Å². The number of hydrogen-bond donors (Lipinski definition) is 1. The number of carbonyl (C=O) groups excluding carboxylic acids is 1. The second-order valence-electron chi connectivity index (χ2n) is 6.43. The van der Waals surface area contributed by atoms with Gasteiger partial charge in [0.15, 0.2) is 11.5 Å². The molecule has 1 amide bonds. The summed E-state index contributed by atoms with van der Waals surface area (Å²) >= 11 is 12.5. The molecule has 1 N–H and O–H groups in total. The third-order valence-corrected chi connectivity index (χ3v) is 5.33. The molecule has 2 heterocycles. The van der Waals surface area contributed by atoms with Crippen LogP contribution in [-0.2, 0) is 6.54 Å². The van der Waals surface area contributed by atoms with Crippen molar-refractivity contribution in [2.45, 2.75) is 20.4 Å². The van der Waals surface area contributed by atoms with Crippen LogP contribution in [0.25, 0.3) is 0 Å². The van der Waals surface area contributed by atoms with Gasteiger partial charge in [-0.3, -0.25) is 9.48 Å². The summed E-state index contributed by atoms with van der Waals surface area (Å²) in [5, 5.41) is 8.62. The molecule has 1 aliphatic rings. The number of benzene rings is 2. The van der Waals surface area contributed by atoms with E-state index in [2.05, 4.69) is 10.4 Å². The van der Waals surface area contributed by atoms with Crippen molar-refractivity contribution in [1.82, 2.24) is 9.78 Å². The topological polar surface area (TPSA) is 65.4 Å². The molecule has 0 saturated carbocycles. The normalized spacial score (nSPS) is 12.3. The Balaban J connectivity index is 1.58. The molecule has 1 aromatic heterocycles. The lowest BCUT2D eigenvalue weighted by Gasteiger charge is -2.10. The zero-order valence-electron chi connectivity index (χ0n) is 15.3. The van der Waals surface area contributed by atoms with Gasteiger partial charge in [0.05, 0.1) is 23.6 Å². The van der Waals surface area contributed by atoms with Crippen LogP contribution in [0.4, 0.5) is 5.69 Å². The number of halogens is 2. The molecule has 8 heteroatoms. The summed E-state index contributed by atoms with van der Waals surface area (Å²) in [7, 11) is 0. The zero-order chi connectivity index (χ0) is 19.8. The fraction of sp³-hybridized carbons (Fsp3) is 0.200. The minimum Gasteiger partial charge on any atom is -0.454 e. The van der Waals surface area contributed by atoms with Gasteiger partial charge in [0.25, 0.3) is 5.91 Å². The van der Waals surface area contributed by atoms with Gasteiger partial charge in [-0.1, -0.05) is 29.3 Å². The Morgan fingerprint density at radius 1 is 1.14 bits per heavy atom. The smallest absolute Gasteiger partial charge is 0.255 e. The molecule has 0 aliphatic carbocycles. The van der Waals surface area contributed by atoms with E-state index in [9.17, 15) is 4.79 Å². The van der Waals surface area contributed by atoms with E-state index in [-0.39, 0.29) is 12.7 Å². The molecule has 28 heavy (non-hydrogen) atoms. The highest BCUT2D eigenvalue weighted by Gasteiger charge is 2.19. The lowest BCUT2D eigenvalue weighted by atomic mass is 10.2. The maximum Gasteiger partial charge on any atom is 0.255 e. The minimum absolute atomic E-state index is 0.163. The average Bonchev–Trinajstić information content (AvgIpc) is 3.24. The first-order chi connectivity index (χ1) is 13.4. The third-order valence-electron chi connectivity index (χ3n) is 4.62. The van der Waals surface area contributed by atoms with Crippen molar-refractivity contribution in [2.24, 2.45) is 0 Å². The third kappa shape index (κ3) is 3.41. The van der Waals surface area contributed by atoms with E-state index in [0.29, 0.717) is 45.0 Å². The fourth-order valence-electron chi connectivity index (χ4n) is 3.09. The average molecular weight is 418 g/mol. The molecule has 0 spiro atoms. The van der Waals surface area contributed by atoms with Gasteiger partial charge in [0.1, 0.15) is 0 Å². The predicted molar refractivity (Wildman–Crippen MR) is 108 cm³/mol. The number of nitrogens with one attached hydrogen (secondary N) is 1. The van der Waals surface area contributed by atoms with Crippen molar-refractivity contribution in [2.75, 3.05) is 12.1 Å². The summed E-state index contributed by atoms with van der Waals surface area (Å²) in [6.45, 7) is 4.30. The van der Waals surface area contributed by atoms with Crippen LogP contribution >= 0.6 is 23.2 Å². The van der Waals surface area contributed by atoms with Crippen molar-refractivity contribution < 1.29 is 14.3 Å². The summed E-state index contributed by atoms with van der Waals surface area (Å²) in [5.41, 5.74) is 3.43. The van der Waals surface area contributed by atoms with Gasteiger partial charge in [0.2, 0.25) is 6.79 Å².